The predicted octanol–water partition coefficient (Wildman–Crippen LogP) is -0.0593. The number of hydrogen-bond acceptors (Lipinski definition) is 6. The number of nitriles is 1. The second kappa shape index (κ2) is 9.50. The van der Waals surface area contributed by atoms with Crippen LogP contribution < -0.4 is 10.6 Å². The molecule has 2 aliphatic rings. The zero-order chi connectivity index (χ0) is 19.9. The van der Waals surface area contributed by atoms with Crippen molar-refractivity contribution in [3.63, 3.8) is 0 Å². The van der Waals surface area contributed by atoms with Gasteiger partial charge in [0, 0.05) is 57.9 Å². The molecule has 0 spiro atoms. The van der Waals surface area contributed by atoms with Crippen LogP contribution in [0, 0.1) is 11.3 Å². The van der Waals surface area contributed by atoms with Gasteiger partial charge in [0.2, 0.25) is 0 Å². The van der Waals surface area contributed by atoms with Crippen LogP contribution in [-0.4, -0.2) is 91.5 Å². The van der Waals surface area contributed by atoms with Crippen molar-refractivity contribution < 1.29 is 19.4 Å². The SMILES string of the molecule is N#Cc1ccc(C(=O)NCCN2CC3CN(CCNC(=O)O)CC(C2)O3)cc1. The van der Waals surface area contributed by atoms with Crippen LogP contribution in [0.1, 0.15) is 15.9 Å². The number of nitrogens with one attached hydrogen (secondary N) is 2. The van der Waals surface area contributed by atoms with E-state index in [4.69, 9.17) is 15.1 Å². The number of nitrogens with zero attached hydrogens (tertiary/aromatic N) is 3. The Balaban J connectivity index is 1.38. The molecule has 0 aromatic heterocycles. The van der Waals surface area contributed by atoms with Crippen LogP contribution in [-0.2, 0) is 4.74 Å². The first-order valence-corrected chi connectivity index (χ1v) is 9.39. The van der Waals surface area contributed by atoms with Crippen molar-refractivity contribution in [1.82, 2.24) is 20.4 Å². The molecular formula is C19H25N5O4. The summed E-state index contributed by atoms with van der Waals surface area (Å²) in [4.78, 5) is 27.3. The highest BCUT2D eigenvalue weighted by atomic mass is 16.5. The lowest BCUT2D eigenvalue weighted by Crippen LogP contribution is -2.60. The van der Waals surface area contributed by atoms with Gasteiger partial charge in [-0.1, -0.05) is 0 Å². The number of rotatable bonds is 7. The topological polar surface area (TPSA) is 118 Å². The number of amides is 2. The van der Waals surface area contributed by atoms with Gasteiger partial charge in [-0.15, -0.1) is 0 Å². The Kier molecular flexibility index (Phi) is 6.81. The summed E-state index contributed by atoms with van der Waals surface area (Å²) in [6, 6.07) is 8.61. The zero-order valence-corrected chi connectivity index (χ0v) is 15.6. The van der Waals surface area contributed by atoms with Gasteiger partial charge < -0.3 is 20.5 Å². The predicted molar refractivity (Wildman–Crippen MR) is 101 cm³/mol. The summed E-state index contributed by atoms with van der Waals surface area (Å²) in [5, 5.41) is 22.8. The normalized spacial score (nSPS) is 22.2. The molecule has 0 saturated carbocycles. The fourth-order valence-electron chi connectivity index (χ4n) is 3.67. The second-order valence-corrected chi connectivity index (χ2v) is 7.08. The lowest BCUT2D eigenvalue weighted by Gasteiger charge is -2.45. The highest BCUT2D eigenvalue weighted by molar-refractivity contribution is 5.94. The zero-order valence-electron chi connectivity index (χ0n) is 15.6. The van der Waals surface area contributed by atoms with Gasteiger partial charge in [-0.25, -0.2) is 4.79 Å². The van der Waals surface area contributed by atoms with Crippen LogP contribution >= 0.6 is 0 Å². The van der Waals surface area contributed by atoms with Gasteiger partial charge >= 0.3 is 6.09 Å². The van der Waals surface area contributed by atoms with E-state index in [9.17, 15) is 9.59 Å². The van der Waals surface area contributed by atoms with Gasteiger partial charge in [0.25, 0.3) is 5.91 Å². The van der Waals surface area contributed by atoms with Crippen LogP contribution in [0.25, 0.3) is 0 Å². The van der Waals surface area contributed by atoms with E-state index >= 15 is 0 Å². The maximum absolute atomic E-state index is 12.2. The third kappa shape index (κ3) is 5.66. The number of carbonyl (C=O) groups excluding carboxylic acids is 1. The summed E-state index contributed by atoms with van der Waals surface area (Å²) >= 11 is 0. The minimum absolute atomic E-state index is 0.103. The number of morpholine rings is 2. The number of carbonyl (C=O) groups is 2. The molecule has 2 bridgehead atoms. The Morgan fingerprint density at radius 1 is 1.04 bits per heavy atom. The monoisotopic (exact) mass is 387 g/mol. The van der Waals surface area contributed by atoms with Crippen molar-refractivity contribution in [1.29, 1.82) is 5.26 Å². The van der Waals surface area contributed by atoms with Gasteiger partial charge in [-0.05, 0) is 24.3 Å². The van der Waals surface area contributed by atoms with Gasteiger partial charge in [-0.3, -0.25) is 14.6 Å². The maximum Gasteiger partial charge on any atom is 0.404 e. The molecule has 28 heavy (non-hydrogen) atoms. The molecular weight excluding hydrogens is 362 g/mol. The smallest absolute Gasteiger partial charge is 0.404 e. The summed E-state index contributed by atoms with van der Waals surface area (Å²) < 4.78 is 5.99. The van der Waals surface area contributed by atoms with E-state index in [1.165, 1.54) is 0 Å². The summed E-state index contributed by atoms with van der Waals surface area (Å²) in [5.41, 5.74) is 1.08. The van der Waals surface area contributed by atoms with E-state index in [-0.39, 0.29) is 18.1 Å². The molecule has 2 unspecified atom stereocenters. The van der Waals surface area contributed by atoms with Crippen molar-refractivity contribution in [3.8, 4) is 6.07 Å². The lowest BCUT2D eigenvalue weighted by atomic mass is 10.1. The van der Waals surface area contributed by atoms with E-state index in [1.54, 1.807) is 24.3 Å². The maximum atomic E-state index is 12.2. The van der Waals surface area contributed by atoms with Crippen LogP contribution in [0.4, 0.5) is 4.79 Å². The highest BCUT2D eigenvalue weighted by Gasteiger charge is 2.34. The van der Waals surface area contributed by atoms with Crippen molar-refractivity contribution in [3.05, 3.63) is 35.4 Å². The first-order valence-electron chi connectivity index (χ1n) is 9.39. The first-order chi connectivity index (χ1) is 13.5. The largest absolute Gasteiger partial charge is 0.465 e. The van der Waals surface area contributed by atoms with Crippen LogP contribution in [0.3, 0.4) is 0 Å². The van der Waals surface area contributed by atoms with Crippen LogP contribution in [0.15, 0.2) is 24.3 Å². The van der Waals surface area contributed by atoms with Gasteiger partial charge in [-0.2, -0.15) is 5.26 Å². The molecule has 2 heterocycles. The molecule has 2 atom stereocenters. The van der Waals surface area contributed by atoms with E-state index in [2.05, 4.69) is 20.4 Å². The highest BCUT2D eigenvalue weighted by Crippen LogP contribution is 2.18. The molecule has 3 N–H and O–H groups in total. The average molecular weight is 387 g/mol. The fraction of sp³-hybridized carbons (Fsp3) is 0.526. The lowest BCUT2D eigenvalue weighted by molar-refractivity contribution is -0.137. The molecule has 9 nitrogen and oxygen atoms in total. The average Bonchev–Trinajstić information content (AvgIpc) is 2.67. The number of ether oxygens (including phenoxy) is 1. The molecule has 3 rings (SSSR count). The third-order valence-electron chi connectivity index (χ3n) is 4.93. The van der Waals surface area contributed by atoms with Gasteiger partial charge in [0.1, 0.15) is 0 Å². The molecule has 1 aromatic carbocycles. The van der Waals surface area contributed by atoms with Crippen LogP contribution in [0.5, 0.6) is 0 Å². The molecule has 1 aromatic rings. The Morgan fingerprint density at radius 3 is 2.07 bits per heavy atom. The number of carboxylic acid groups (broad SMARTS) is 1. The molecule has 2 fully saturated rings. The van der Waals surface area contributed by atoms with E-state index in [0.29, 0.717) is 30.8 Å². The minimum atomic E-state index is -0.998. The summed E-state index contributed by atoms with van der Waals surface area (Å²) in [5.74, 6) is -0.143. The minimum Gasteiger partial charge on any atom is -0.465 e. The number of fused-ring (bicyclic) bond motifs is 2. The molecule has 2 aliphatic heterocycles. The van der Waals surface area contributed by atoms with Crippen LogP contribution in [0.2, 0.25) is 0 Å². The summed E-state index contributed by atoms with van der Waals surface area (Å²) in [6.45, 7) is 5.56. The molecule has 2 saturated heterocycles. The molecule has 150 valence electrons. The quantitative estimate of drug-likeness (QED) is 0.600. The van der Waals surface area contributed by atoms with E-state index < -0.39 is 6.09 Å². The fourth-order valence-corrected chi connectivity index (χ4v) is 3.67. The Labute approximate surface area is 163 Å². The molecule has 0 aliphatic carbocycles. The molecule has 2 amide bonds. The molecule has 9 heteroatoms. The Bertz CT molecular complexity index is 719. The van der Waals surface area contributed by atoms with Gasteiger partial charge in [0.05, 0.1) is 23.8 Å². The second-order valence-electron chi connectivity index (χ2n) is 7.08. The van der Waals surface area contributed by atoms with Crippen molar-refractivity contribution in [2.24, 2.45) is 0 Å². The Morgan fingerprint density at radius 2 is 1.57 bits per heavy atom. The summed E-state index contributed by atoms with van der Waals surface area (Å²) in [6.07, 6.45) is -0.791. The van der Waals surface area contributed by atoms with Crippen molar-refractivity contribution >= 4 is 12.0 Å². The first kappa shape index (κ1) is 20.1. The van der Waals surface area contributed by atoms with Crippen molar-refractivity contribution in [2.75, 3.05) is 52.4 Å². The number of hydrogen-bond donors (Lipinski definition) is 3. The summed E-state index contributed by atoms with van der Waals surface area (Å²) in [7, 11) is 0. The van der Waals surface area contributed by atoms with Gasteiger partial charge in [0.15, 0.2) is 0 Å². The number of benzene rings is 1. The van der Waals surface area contributed by atoms with Crippen molar-refractivity contribution in [2.45, 2.75) is 12.2 Å². The van der Waals surface area contributed by atoms with E-state index in [0.717, 1.165) is 32.7 Å². The third-order valence-corrected chi connectivity index (χ3v) is 4.93. The Hall–Kier alpha value is -2.67. The molecule has 0 radical (unpaired) electrons. The standard InChI is InChI=1S/C19H25N5O4/c20-9-14-1-3-15(4-2-14)18(25)21-5-7-23-10-16-12-24(8-6-22-19(26)27)13-17(11-23)28-16/h1-4,16-17,22H,5-8,10-13H2,(H,21,25)(H,26,27). The van der Waals surface area contributed by atoms with E-state index in [1.807, 2.05) is 6.07 Å².